The summed E-state index contributed by atoms with van der Waals surface area (Å²) in [6, 6.07) is 2.91. The van der Waals surface area contributed by atoms with Crippen LogP contribution in [0.1, 0.15) is 43.2 Å². The molecule has 1 aliphatic rings. The van der Waals surface area contributed by atoms with Crippen molar-refractivity contribution in [1.29, 1.82) is 0 Å². The quantitative estimate of drug-likeness (QED) is 0.790. The normalized spacial score (nSPS) is 22.4. The van der Waals surface area contributed by atoms with Crippen molar-refractivity contribution < 1.29 is 0 Å². The Morgan fingerprint density at radius 2 is 2.41 bits per heavy atom. The van der Waals surface area contributed by atoms with Gasteiger partial charge in [-0.2, -0.15) is 12.6 Å². The van der Waals surface area contributed by atoms with Crippen molar-refractivity contribution in [3.8, 4) is 0 Å². The minimum Gasteiger partial charge on any atom is -0.296 e. The third kappa shape index (κ3) is 3.07. The second kappa shape index (κ2) is 6.26. The summed E-state index contributed by atoms with van der Waals surface area (Å²) in [7, 11) is 0. The second-order valence-corrected chi connectivity index (χ2v) is 6.42. The number of thiol groups is 1. The van der Waals surface area contributed by atoms with Gasteiger partial charge in [0.2, 0.25) is 0 Å². The highest BCUT2D eigenvalue weighted by atomic mass is 32.1. The number of fused-ring (bicyclic) bond motifs is 1. The summed E-state index contributed by atoms with van der Waals surface area (Å²) in [6.45, 7) is 7.07. The molecule has 17 heavy (non-hydrogen) atoms. The molecular formula is C14H23NS2. The van der Waals surface area contributed by atoms with Gasteiger partial charge in [-0.15, -0.1) is 11.3 Å². The fourth-order valence-corrected chi connectivity index (χ4v) is 4.05. The molecule has 0 spiro atoms. The standard InChI is InChI=1S/C14H23NS2/c1-3-4-12(10-16)9-15-7-5-14-13(11(15)2)6-8-17-14/h6,8,11-12,16H,3-5,7,9-10H2,1-2H3. The zero-order chi connectivity index (χ0) is 12.3. The fourth-order valence-electron chi connectivity index (χ4n) is 2.79. The third-order valence-electron chi connectivity index (χ3n) is 3.85. The predicted octanol–water partition coefficient (Wildman–Crippen LogP) is 4.01. The van der Waals surface area contributed by atoms with E-state index in [0.717, 1.165) is 11.7 Å². The minimum atomic E-state index is 0.601. The van der Waals surface area contributed by atoms with Crippen LogP contribution < -0.4 is 0 Å². The second-order valence-electron chi connectivity index (χ2n) is 5.06. The molecule has 0 N–H and O–H groups in total. The fraction of sp³-hybridized carbons (Fsp3) is 0.714. The van der Waals surface area contributed by atoms with Crippen molar-refractivity contribution in [2.24, 2.45) is 5.92 Å². The van der Waals surface area contributed by atoms with E-state index in [1.165, 1.54) is 32.4 Å². The van der Waals surface area contributed by atoms with Crippen LogP contribution >= 0.6 is 24.0 Å². The Labute approximate surface area is 115 Å². The van der Waals surface area contributed by atoms with Gasteiger partial charge in [0.25, 0.3) is 0 Å². The summed E-state index contributed by atoms with van der Waals surface area (Å²) in [5.41, 5.74) is 1.57. The average molecular weight is 269 g/mol. The van der Waals surface area contributed by atoms with Crippen molar-refractivity contribution in [3.05, 3.63) is 21.9 Å². The molecule has 2 heterocycles. The van der Waals surface area contributed by atoms with E-state index in [0.29, 0.717) is 6.04 Å². The summed E-state index contributed by atoms with van der Waals surface area (Å²) in [4.78, 5) is 4.25. The van der Waals surface area contributed by atoms with Crippen LogP contribution in [0.4, 0.5) is 0 Å². The third-order valence-corrected chi connectivity index (χ3v) is 5.36. The lowest BCUT2D eigenvalue weighted by atomic mass is 9.98. The average Bonchev–Trinajstić information content (AvgIpc) is 2.80. The monoisotopic (exact) mass is 269 g/mol. The number of hydrogen-bond donors (Lipinski definition) is 1. The Morgan fingerprint density at radius 1 is 1.59 bits per heavy atom. The number of rotatable bonds is 5. The van der Waals surface area contributed by atoms with E-state index in [1.807, 2.05) is 11.3 Å². The van der Waals surface area contributed by atoms with E-state index >= 15 is 0 Å². The molecule has 0 saturated carbocycles. The summed E-state index contributed by atoms with van der Waals surface area (Å²) < 4.78 is 0. The van der Waals surface area contributed by atoms with Crippen LogP contribution in [0, 0.1) is 5.92 Å². The van der Waals surface area contributed by atoms with Crippen LogP contribution in [0.3, 0.4) is 0 Å². The topological polar surface area (TPSA) is 3.24 Å². The van der Waals surface area contributed by atoms with Crippen molar-refractivity contribution in [1.82, 2.24) is 4.90 Å². The molecule has 1 aromatic heterocycles. The van der Waals surface area contributed by atoms with Crippen molar-refractivity contribution >= 4 is 24.0 Å². The van der Waals surface area contributed by atoms with Crippen molar-refractivity contribution in [2.75, 3.05) is 18.8 Å². The first-order valence-electron chi connectivity index (χ1n) is 6.67. The van der Waals surface area contributed by atoms with Crippen LogP contribution in [-0.2, 0) is 6.42 Å². The Bertz CT molecular complexity index is 348. The maximum atomic E-state index is 4.50. The zero-order valence-electron chi connectivity index (χ0n) is 10.9. The smallest absolute Gasteiger partial charge is 0.0331 e. The van der Waals surface area contributed by atoms with Crippen molar-refractivity contribution in [3.63, 3.8) is 0 Å². The summed E-state index contributed by atoms with van der Waals surface area (Å²) in [5, 5.41) is 2.24. The van der Waals surface area contributed by atoms with Gasteiger partial charge in [-0.25, -0.2) is 0 Å². The lowest BCUT2D eigenvalue weighted by Gasteiger charge is -2.35. The van der Waals surface area contributed by atoms with Gasteiger partial charge >= 0.3 is 0 Å². The van der Waals surface area contributed by atoms with E-state index in [4.69, 9.17) is 0 Å². The van der Waals surface area contributed by atoms with E-state index in [1.54, 1.807) is 10.4 Å². The zero-order valence-corrected chi connectivity index (χ0v) is 12.6. The maximum absolute atomic E-state index is 4.50. The molecule has 96 valence electrons. The highest BCUT2D eigenvalue weighted by molar-refractivity contribution is 7.80. The van der Waals surface area contributed by atoms with Gasteiger partial charge in [-0.1, -0.05) is 13.3 Å². The molecule has 1 aliphatic heterocycles. The van der Waals surface area contributed by atoms with E-state index < -0.39 is 0 Å². The van der Waals surface area contributed by atoms with Crippen LogP contribution in [0.15, 0.2) is 11.4 Å². The van der Waals surface area contributed by atoms with Gasteiger partial charge in [0.15, 0.2) is 0 Å². The van der Waals surface area contributed by atoms with Crippen LogP contribution in [-0.4, -0.2) is 23.7 Å². The number of nitrogens with zero attached hydrogens (tertiary/aromatic N) is 1. The highest BCUT2D eigenvalue weighted by Crippen LogP contribution is 2.33. The van der Waals surface area contributed by atoms with Crippen molar-refractivity contribution in [2.45, 2.75) is 39.2 Å². The molecule has 3 heteroatoms. The molecule has 0 bridgehead atoms. The number of thiophene rings is 1. The molecule has 2 rings (SSSR count). The van der Waals surface area contributed by atoms with Crippen LogP contribution in [0.5, 0.6) is 0 Å². The largest absolute Gasteiger partial charge is 0.296 e. The van der Waals surface area contributed by atoms with Gasteiger partial charge < -0.3 is 0 Å². The summed E-state index contributed by atoms with van der Waals surface area (Å²) in [5.74, 6) is 1.78. The Morgan fingerprint density at radius 3 is 3.12 bits per heavy atom. The minimum absolute atomic E-state index is 0.601. The first-order valence-corrected chi connectivity index (χ1v) is 8.18. The molecule has 2 atom stereocenters. The molecule has 0 aliphatic carbocycles. The molecule has 0 radical (unpaired) electrons. The van der Waals surface area contributed by atoms with Gasteiger partial charge in [-0.05, 0) is 48.4 Å². The summed E-state index contributed by atoms with van der Waals surface area (Å²) >= 11 is 6.42. The molecule has 2 unspecified atom stereocenters. The lowest BCUT2D eigenvalue weighted by Crippen LogP contribution is -2.37. The first kappa shape index (κ1) is 13.4. The molecule has 0 saturated heterocycles. The predicted molar refractivity (Wildman–Crippen MR) is 80.3 cm³/mol. The van der Waals surface area contributed by atoms with Gasteiger partial charge in [0.1, 0.15) is 0 Å². The van der Waals surface area contributed by atoms with Gasteiger partial charge in [0.05, 0.1) is 0 Å². The Hall–Kier alpha value is 0.0100. The van der Waals surface area contributed by atoms with E-state index in [9.17, 15) is 0 Å². The SMILES string of the molecule is CCCC(CS)CN1CCc2sccc2C1C. The Balaban J connectivity index is 1.99. The number of hydrogen-bond acceptors (Lipinski definition) is 3. The molecule has 0 aromatic carbocycles. The highest BCUT2D eigenvalue weighted by Gasteiger charge is 2.25. The summed E-state index contributed by atoms with van der Waals surface area (Å²) in [6.07, 6.45) is 3.82. The first-order chi connectivity index (χ1) is 8.26. The van der Waals surface area contributed by atoms with E-state index in [-0.39, 0.29) is 0 Å². The van der Waals surface area contributed by atoms with Gasteiger partial charge in [0, 0.05) is 24.0 Å². The molecule has 1 aromatic rings. The van der Waals surface area contributed by atoms with Crippen LogP contribution in [0.2, 0.25) is 0 Å². The van der Waals surface area contributed by atoms with Crippen LogP contribution in [0.25, 0.3) is 0 Å². The van der Waals surface area contributed by atoms with Gasteiger partial charge in [-0.3, -0.25) is 4.90 Å². The molecule has 0 amide bonds. The molecule has 0 fully saturated rings. The maximum Gasteiger partial charge on any atom is 0.0331 e. The van der Waals surface area contributed by atoms with E-state index in [2.05, 4.69) is 42.8 Å². The molecular weight excluding hydrogens is 246 g/mol. The lowest BCUT2D eigenvalue weighted by molar-refractivity contribution is 0.171. The Kier molecular flexibility index (Phi) is 4.95. The molecule has 1 nitrogen and oxygen atoms in total.